The lowest BCUT2D eigenvalue weighted by Crippen LogP contribution is -2.29. The van der Waals surface area contributed by atoms with E-state index in [-0.39, 0.29) is 23.7 Å². The van der Waals surface area contributed by atoms with Crippen LogP contribution in [0.4, 0.5) is 0 Å². The smallest absolute Gasteiger partial charge is 0.136 e. The number of fused-ring (bicyclic) bond motifs is 2. The van der Waals surface area contributed by atoms with Crippen molar-refractivity contribution in [3.63, 3.8) is 0 Å². The molecule has 2 heterocycles. The molecule has 32 heavy (non-hydrogen) atoms. The van der Waals surface area contributed by atoms with Crippen LogP contribution in [0.5, 0.6) is 11.5 Å². The van der Waals surface area contributed by atoms with Crippen molar-refractivity contribution in [2.24, 2.45) is 0 Å². The maximum Gasteiger partial charge on any atom is 0.136 e. The number of para-hydroxylation sites is 1. The van der Waals surface area contributed by atoms with Crippen molar-refractivity contribution < 1.29 is 9.84 Å². The largest absolute Gasteiger partial charge is 0.508 e. The lowest BCUT2D eigenvalue weighted by Gasteiger charge is -2.40. The van der Waals surface area contributed by atoms with Gasteiger partial charge in [-0.15, -0.1) is 11.3 Å². The number of thiophene rings is 1. The number of aromatic hydroxyl groups is 1. The van der Waals surface area contributed by atoms with E-state index in [0.717, 1.165) is 22.1 Å². The van der Waals surface area contributed by atoms with Crippen LogP contribution in [0.1, 0.15) is 39.5 Å². The lowest BCUT2D eigenvalue weighted by atomic mass is 9.73. The zero-order valence-electron chi connectivity index (χ0n) is 17.4. The van der Waals surface area contributed by atoms with E-state index in [1.165, 1.54) is 16.0 Å². The van der Waals surface area contributed by atoms with Crippen molar-refractivity contribution in [2.75, 3.05) is 0 Å². The number of rotatable bonds is 3. The Balaban J connectivity index is 1.65. The Labute approximate surface area is 191 Å². The molecule has 4 aromatic carbocycles. The van der Waals surface area contributed by atoms with Gasteiger partial charge in [0, 0.05) is 27.8 Å². The SMILES string of the molecule is Oc1ccc2ccccc2c1[C@@H]1Oc2ccccc2[C@@H](c2ccccc2)[C@H]1c1cccs1. The zero-order chi connectivity index (χ0) is 21.5. The zero-order valence-corrected chi connectivity index (χ0v) is 18.2. The second-order valence-electron chi connectivity index (χ2n) is 8.23. The molecule has 1 aromatic heterocycles. The highest BCUT2D eigenvalue weighted by Crippen LogP contribution is 2.56. The summed E-state index contributed by atoms with van der Waals surface area (Å²) in [7, 11) is 0. The quantitative estimate of drug-likeness (QED) is 0.316. The third kappa shape index (κ3) is 3.09. The van der Waals surface area contributed by atoms with Gasteiger partial charge in [0.15, 0.2) is 0 Å². The number of ether oxygens (including phenoxy) is 1. The Morgan fingerprint density at radius 3 is 2.34 bits per heavy atom. The normalized spacial score (nSPS) is 19.9. The highest BCUT2D eigenvalue weighted by molar-refractivity contribution is 7.10. The predicted molar refractivity (Wildman–Crippen MR) is 131 cm³/mol. The Hall–Kier alpha value is -3.56. The van der Waals surface area contributed by atoms with E-state index in [4.69, 9.17) is 4.74 Å². The van der Waals surface area contributed by atoms with Crippen LogP contribution in [-0.2, 0) is 0 Å². The minimum atomic E-state index is -0.320. The lowest BCUT2D eigenvalue weighted by molar-refractivity contribution is 0.141. The molecule has 0 fully saturated rings. The van der Waals surface area contributed by atoms with Gasteiger partial charge in [-0.3, -0.25) is 0 Å². The summed E-state index contributed by atoms with van der Waals surface area (Å²) in [5.74, 6) is 1.31. The fraction of sp³-hybridized carbons (Fsp3) is 0.103. The van der Waals surface area contributed by atoms with Gasteiger partial charge < -0.3 is 9.84 Å². The molecule has 0 saturated carbocycles. The van der Waals surface area contributed by atoms with Crippen molar-refractivity contribution in [1.29, 1.82) is 0 Å². The van der Waals surface area contributed by atoms with Gasteiger partial charge in [0.2, 0.25) is 0 Å². The number of hydrogen-bond acceptors (Lipinski definition) is 3. The van der Waals surface area contributed by atoms with Crippen LogP contribution < -0.4 is 4.74 Å². The summed E-state index contributed by atoms with van der Waals surface area (Å²) >= 11 is 1.75. The topological polar surface area (TPSA) is 29.5 Å². The van der Waals surface area contributed by atoms with E-state index in [1.54, 1.807) is 17.4 Å². The van der Waals surface area contributed by atoms with Gasteiger partial charge in [-0.25, -0.2) is 0 Å². The van der Waals surface area contributed by atoms with Crippen molar-refractivity contribution in [1.82, 2.24) is 0 Å². The molecule has 2 nitrogen and oxygen atoms in total. The molecule has 1 aliphatic heterocycles. The molecular weight excluding hydrogens is 412 g/mol. The van der Waals surface area contributed by atoms with E-state index >= 15 is 0 Å². The molecule has 0 spiro atoms. The summed E-state index contributed by atoms with van der Waals surface area (Å²) in [5, 5.41) is 15.4. The second kappa shape index (κ2) is 7.85. The minimum absolute atomic E-state index is 0.0315. The number of phenolic OH excluding ortho intramolecular Hbond substituents is 1. The van der Waals surface area contributed by atoms with Crippen LogP contribution in [0.25, 0.3) is 10.8 Å². The van der Waals surface area contributed by atoms with Crippen molar-refractivity contribution >= 4 is 22.1 Å². The summed E-state index contributed by atoms with van der Waals surface area (Å²) in [5.41, 5.74) is 3.30. The third-order valence-electron chi connectivity index (χ3n) is 6.46. The molecular formula is C29H22O2S. The minimum Gasteiger partial charge on any atom is -0.508 e. The van der Waals surface area contributed by atoms with Crippen LogP contribution in [0, 0.1) is 0 Å². The van der Waals surface area contributed by atoms with Crippen LogP contribution >= 0.6 is 11.3 Å². The molecule has 3 heteroatoms. The second-order valence-corrected chi connectivity index (χ2v) is 9.20. The Kier molecular flexibility index (Phi) is 4.70. The van der Waals surface area contributed by atoms with Crippen LogP contribution in [0.3, 0.4) is 0 Å². The Bertz CT molecular complexity index is 1380. The standard InChI is InChI=1S/C29H22O2S/c30-23-17-16-19-9-4-5-12-21(19)27(23)29-28(25-15-8-18-32-25)26(20-10-2-1-3-11-20)22-13-6-7-14-24(22)31-29/h1-18,26,28-30H/t26-,28-,29+/m1/s1. The molecule has 0 saturated heterocycles. The molecule has 6 rings (SSSR count). The first-order valence-electron chi connectivity index (χ1n) is 10.9. The first-order valence-corrected chi connectivity index (χ1v) is 11.7. The van der Waals surface area contributed by atoms with Crippen molar-refractivity contribution in [2.45, 2.75) is 17.9 Å². The summed E-state index contributed by atoms with van der Waals surface area (Å²) in [6.07, 6.45) is -0.320. The molecule has 3 atom stereocenters. The van der Waals surface area contributed by atoms with E-state index in [1.807, 2.05) is 30.3 Å². The molecule has 1 aliphatic rings. The van der Waals surface area contributed by atoms with Crippen molar-refractivity contribution in [3.8, 4) is 11.5 Å². The highest BCUT2D eigenvalue weighted by Gasteiger charge is 2.43. The van der Waals surface area contributed by atoms with E-state index in [2.05, 4.69) is 72.1 Å². The highest BCUT2D eigenvalue weighted by atomic mass is 32.1. The van der Waals surface area contributed by atoms with Gasteiger partial charge in [0.1, 0.15) is 17.6 Å². The Morgan fingerprint density at radius 2 is 1.50 bits per heavy atom. The maximum absolute atomic E-state index is 11.1. The third-order valence-corrected chi connectivity index (χ3v) is 7.43. The van der Waals surface area contributed by atoms with Gasteiger partial charge in [-0.05, 0) is 39.9 Å². The monoisotopic (exact) mass is 434 g/mol. The number of benzene rings is 4. The molecule has 0 aliphatic carbocycles. The molecule has 1 N–H and O–H groups in total. The Morgan fingerprint density at radius 1 is 0.719 bits per heavy atom. The summed E-state index contributed by atoms with van der Waals surface area (Å²) in [6.45, 7) is 0. The van der Waals surface area contributed by atoms with E-state index in [9.17, 15) is 5.11 Å². The average molecular weight is 435 g/mol. The first-order chi connectivity index (χ1) is 15.8. The maximum atomic E-state index is 11.1. The number of hydrogen-bond donors (Lipinski definition) is 1. The van der Waals surface area contributed by atoms with E-state index in [0.29, 0.717) is 0 Å². The molecule has 156 valence electrons. The van der Waals surface area contributed by atoms with Gasteiger partial charge in [0.05, 0.1) is 0 Å². The number of phenols is 1. The first kappa shape index (κ1) is 19.1. The van der Waals surface area contributed by atoms with Gasteiger partial charge >= 0.3 is 0 Å². The molecule has 0 amide bonds. The molecule has 5 aromatic rings. The van der Waals surface area contributed by atoms with Crippen LogP contribution in [-0.4, -0.2) is 5.11 Å². The molecule has 0 radical (unpaired) electrons. The average Bonchev–Trinajstić information content (AvgIpc) is 3.38. The van der Waals surface area contributed by atoms with Crippen LogP contribution in [0.15, 0.2) is 109 Å². The van der Waals surface area contributed by atoms with Crippen molar-refractivity contribution in [3.05, 3.63) is 130 Å². The fourth-order valence-corrected chi connectivity index (χ4v) is 5.97. The van der Waals surface area contributed by atoms with Crippen LogP contribution in [0.2, 0.25) is 0 Å². The van der Waals surface area contributed by atoms with E-state index < -0.39 is 0 Å². The van der Waals surface area contributed by atoms with Gasteiger partial charge in [0.25, 0.3) is 0 Å². The summed E-state index contributed by atoms with van der Waals surface area (Å²) in [6, 6.07) is 35.3. The predicted octanol–water partition coefficient (Wildman–Crippen LogP) is 7.66. The fourth-order valence-electron chi connectivity index (χ4n) is 5.09. The van der Waals surface area contributed by atoms with Gasteiger partial charge in [-0.2, -0.15) is 0 Å². The summed E-state index contributed by atoms with van der Waals surface area (Å²) < 4.78 is 6.74. The molecule has 0 unspecified atom stereocenters. The van der Waals surface area contributed by atoms with Gasteiger partial charge in [-0.1, -0.05) is 84.9 Å². The molecule has 0 bridgehead atoms. The summed E-state index contributed by atoms with van der Waals surface area (Å²) in [4.78, 5) is 1.26.